The molecule has 15 nitrogen and oxygen atoms in total. The zero-order valence-electron chi connectivity index (χ0n) is 13.2. The second-order valence-corrected chi connectivity index (χ2v) is 7.90. The van der Waals surface area contributed by atoms with Gasteiger partial charge >= 0.3 is 24.3 Å². The summed E-state index contributed by atoms with van der Waals surface area (Å²) in [7, 11) is -12.4. The van der Waals surface area contributed by atoms with Crippen molar-refractivity contribution in [2.75, 3.05) is 11.9 Å². The summed E-state index contributed by atoms with van der Waals surface area (Å²) in [6.45, 7) is 1.02. The Balaban J connectivity index is 2.69. The number of rotatable bonds is 11. The lowest BCUT2D eigenvalue weighted by atomic mass is 10.2. The van der Waals surface area contributed by atoms with Crippen LogP contribution in [0.5, 0.6) is 0 Å². The molecule has 0 saturated heterocycles. The smallest absolute Gasteiger partial charge is 0.705 e. The fourth-order valence-corrected chi connectivity index (χ4v) is 3.82. The summed E-state index contributed by atoms with van der Waals surface area (Å²) >= 11 is 0. The molecule has 0 aliphatic rings. The molecule has 4 unspecified atom stereocenters. The molecule has 0 aliphatic carbocycles. The van der Waals surface area contributed by atoms with Gasteiger partial charge in [-0.3, -0.25) is 14.7 Å². The number of nitrogens with one attached hydrogen (secondary N) is 1. The average molecular weight is 441 g/mol. The van der Waals surface area contributed by atoms with E-state index >= 15 is 0 Å². The number of anilines is 1. The molecule has 1 aromatic carbocycles. The van der Waals surface area contributed by atoms with E-state index in [0.717, 1.165) is 6.07 Å². The minimum Gasteiger partial charge on any atom is -0.750 e. The van der Waals surface area contributed by atoms with Crippen molar-refractivity contribution in [3.8, 4) is 0 Å². The highest BCUT2D eigenvalue weighted by Gasteiger charge is 2.35. The number of nitro benzene ring substituents is 1. The molecule has 0 saturated carbocycles. The minimum atomic E-state index is -5.37. The van der Waals surface area contributed by atoms with E-state index in [1.165, 1.54) is 19.1 Å². The van der Waals surface area contributed by atoms with Gasteiger partial charge in [0.25, 0.3) is 5.69 Å². The number of nitrogens with zero attached hydrogens (tertiary/aromatic N) is 4. The van der Waals surface area contributed by atoms with Crippen molar-refractivity contribution in [2.24, 2.45) is 5.11 Å². The number of hydrogen-bond donors (Lipinski definition) is 1. The molecule has 1 N–H and O–H groups in total. The SMILES string of the molecule is CC(CO[P+](=O)OP(=O)([O-])O[P+](=O)[O-])Nc1ccc(N=[N+]=[N-])cc1[N+](=O)[O-]. The van der Waals surface area contributed by atoms with Crippen LogP contribution in [0.15, 0.2) is 23.3 Å². The molecule has 0 radical (unpaired) electrons. The fraction of sp³-hybridized carbons (Fsp3) is 0.333. The zero-order valence-corrected chi connectivity index (χ0v) is 15.9. The number of azide groups is 1. The first-order valence-electron chi connectivity index (χ1n) is 6.59. The molecular formula is C9H10N5O10P3. The lowest BCUT2D eigenvalue weighted by Crippen LogP contribution is -2.21. The molecule has 146 valence electrons. The van der Waals surface area contributed by atoms with Gasteiger partial charge in [0.2, 0.25) is 0 Å². The molecule has 1 rings (SSSR count). The summed E-state index contributed by atoms with van der Waals surface area (Å²) in [4.78, 5) is 34.0. The van der Waals surface area contributed by atoms with E-state index < -0.39 is 47.6 Å². The van der Waals surface area contributed by atoms with Gasteiger partial charge in [0, 0.05) is 21.2 Å². The van der Waals surface area contributed by atoms with Crippen LogP contribution in [0.2, 0.25) is 0 Å². The largest absolute Gasteiger partial charge is 0.750 e. The third kappa shape index (κ3) is 8.46. The molecule has 0 aliphatic heterocycles. The van der Waals surface area contributed by atoms with Crippen molar-refractivity contribution in [1.29, 1.82) is 0 Å². The third-order valence-electron chi connectivity index (χ3n) is 2.50. The predicted octanol–water partition coefficient (Wildman–Crippen LogP) is 2.53. The van der Waals surface area contributed by atoms with Crippen LogP contribution in [0, 0.1) is 10.1 Å². The van der Waals surface area contributed by atoms with Crippen LogP contribution < -0.4 is 15.1 Å². The van der Waals surface area contributed by atoms with Gasteiger partial charge in [-0.05, 0) is 27.4 Å². The second-order valence-electron chi connectivity index (χ2n) is 4.55. The topological polar surface area (TPSA) is 229 Å². The predicted molar refractivity (Wildman–Crippen MR) is 85.9 cm³/mol. The molecule has 0 aromatic heterocycles. The number of benzene rings is 1. The van der Waals surface area contributed by atoms with Gasteiger partial charge in [0.1, 0.15) is 12.3 Å². The summed E-state index contributed by atoms with van der Waals surface area (Å²) in [5.41, 5.74) is 7.96. The van der Waals surface area contributed by atoms with E-state index in [1.807, 2.05) is 0 Å². The molecule has 0 amide bonds. The Bertz CT molecular complexity index is 844. The second kappa shape index (κ2) is 10.3. The lowest BCUT2D eigenvalue weighted by molar-refractivity contribution is -0.383. The highest BCUT2D eigenvalue weighted by molar-refractivity contribution is 7.59. The Morgan fingerprint density at radius 3 is 2.67 bits per heavy atom. The van der Waals surface area contributed by atoms with Crippen LogP contribution in [-0.2, 0) is 26.8 Å². The van der Waals surface area contributed by atoms with E-state index in [0.29, 0.717) is 0 Å². The van der Waals surface area contributed by atoms with E-state index in [9.17, 15) is 33.6 Å². The average Bonchev–Trinajstić information content (AvgIpc) is 2.52. The van der Waals surface area contributed by atoms with E-state index in [1.54, 1.807) is 0 Å². The zero-order chi connectivity index (χ0) is 20.6. The molecule has 1 aromatic rings. The molecule has 0 bridgehead atoms. The summed E-state index contributed by atoms with van der Waals surface area (Å²) in [5, 5.41) is 17.0. The van der Waals surface area contributed by atoms with Crippen molar-refractivity contribution in [1.82, 2.24) is 0 Å². The van der Waals surface area contributed by atoms with Gasteiger partial charge in [-0.25, -0.2) is 0 Å². The van der Waals surface area contributed by atoms with Crippen molar-refractivity contribution >= 4 is 41.4 Å². The van der Waals surface area contributed by atoms with Gasteiger partial charge in [-0.15, -0.1) is 4.52 Å². The van der Waals surface area contributed by atoms with Crippen molar-refractivity contribution in [3.63, 3.8) is 0 Å². The number of phosphoric acid groups is 1. The van der Waals surface area contributed by atoms with E-state index in [4.69, 9.17) is 5.53 Å². The van der Waals surface area contributed by atoms with Gasteiger partial charge in [0.15, 0.2) is 0 Å². The molecule has 27 heavy (non-hydrogen) atoms. The highest BCUT2D eigenvalue weighted by Crippen LogP contribution is 2.53. The first kappa shape index (κ1) is 23.0. The summed E-state index contributed by atoms with van der Waals surface area (Å²) in [6, 6.07) is 2.87. The Hall–Kier alpha value is -2.04. The Morgan fingerprint density at radius 1 is 1.44 bits per heavy atom. The highest BCUT2D eigenvalue weighted by atomic mass is 31.3. The van der Waals surface area contributed by atoms with Crippen LogP contribution in [0.25, 0.3) is 10.4 Å². The normalized spacial score (nSPS) is 15.1. The lowest BCUT2D eigenvalue weighted by Gasteiger charge is -2.13. The van der Waals surface area contributed by atoms with Crippen molar-refractivity contribution in [3.05, 3.63) is 38.8 Å². The molecule has 4 atom stereocenters. The maximum Gasteiger partial charge on any atom is 0.705 e. The van der Waals surface area contributed by atoms with E-state index in [2.05, 4.69) is 28.5 Å². The van der Waals surface area contributed by atoms with Gasteiger partial charge < -0.3 is 15.1 Å². The minimum absolute atomic E-state index is 0.0121. The molecular weight excluding hydrogens is 431 g/mol. The van der Waals surface area contributed by atoms with Gasteiger partial charge in [-0.1, -0.05) is 15.5 Å². The van der Waals surface area contributed by atoms with E-state index in [-0.39, 0.29) is 11.4 Å². The molecule has 18 heteroatoms. The Labute approximate surface area is 152 Å². The summed E-state index contributed by atoms with van der Waals surface area (Å²) < 4.78 is 44.4. The Kier molecular flexibility index (Phi) is 8.80. The van der Waals surface area contributed by atoms with Crippen LogP contribution in [-0.4, -0.2) is 17.6 Å². The van der Waals surface area contributed by atoms with Crippen LogP contribution in [0.3, 0.4) is 0 Å². The van der Waals surface area contributed by atoms with Crippen molar-refractivity contribution in [2.45, 2.75) is 13.0 Å². The molecule has 0 heterocycles. The maximum atomic E-state index is 11.4. The molecule has 0 fully saturated rings. The first-order chi connectivity index (χ1) is 12.5. The third-order valence-corrected chi connectivity index (χ3v) is 5.53. The maximum absolute atomic E-state index is 11.4. The van der Waals surface area contributed by atoms with Crippen LogP contribution >= 0.6 is 24.3 Å². The van der Waals surface area contributed by atoms with Gasteiger partial charge in [0.05, 0.1) is 11.0 Å². The number of nitro groups is 1. The van der Waals surface area contributed by atoms with Gasteiger partial charge in [-0.2, -0.15) is 0 Å². The quantitative estimate of drug-likeness (QED) is 0.131. The van der Waals surface area contributed by atoms with Crippen LogP contribution in [0.1, 0.15) is 6.92 Å². The summed E-state index contributed by atoms with van der Waals surface area (Å²) in [6.07, 6.45) is 0. The number of hydrogen-bond acceptors (Lipinski definition) is 12. The van der Waals surface area contributed by atoms with Crippen LogP contribution in [0.4, 0.5) is 17.1 Å². The molecule has 0 spiro atoms. The standard InChI is InChI=1S/C9H10N5O10P3/c1-6(5-22-26(19)24-27(20,21)23-25(17)18)11-8-3-2-7(12-13-10)4-9(8)14(15)16/h2-4,6,11H,5H2,1H3. The monoisotopic (exact) mass is 441 g/mol. The fourth-order valence-electron chi connectivity index (χ4n) is 1.59. The summed E-state index contributed by atoms with van der Waals surface area (Å²) in [5.74, 6) is 0. The van der Waals surface area contributed by atoms with Crippen molar-refractivity contribution < 1.29 is 41.6 Å². The first-order valence-corrected chi connectivity index (χ1v) is 10.2. The Morgan fingerprint density at radius 2 is 2.11 bits per heavy atom.